The minimum absolute atomic E-state index is 0.111. The van der Waals surface area contributed by atoms with Gasteiger partial charge in [0, 0.05) is 19.6 Å². The average molecular weight is 212 g/mol. The fourth-order valence-electron chi connectivity index (χ4n) is 1.73. The van der Waals surface area contributed by atoms with Crippen LogP contribution in [0, 0.1) is 0 Å². The Balaban J connectivity index is 1.78. The Morgan fingerprint density at radius 1 is 1.73 bits per heavy atom. The molecule has 0 amide bonds. The van der Waals surface area contributed by atoms with Crippen molar-refractivity contribution in [3.05, 3.63) is 18.4 Å². The fourth-order valence-corrected chi connectivity index (χ4v) is 1.73. The highest BCUT2D eigenvalue weighted by Gasteiger charge is 2.38. The highest BCUT2D eigenvalue weighted by molar-refractivity contribution is 4.93. The predicted octanol–water partition coefficient (Wildman–Crippen LogP) is 0.304. The molecular weight excluding hydrogens is 196 g/mol. The van der Waals surface area contributed by atoms with E-state index < -0.39 is 5.60 Å². The van der Waals surface area contributed by atoms with Gasteiger partial charge in [-0.15, -0.1) is 0 Å². The molecule has 2 unspecified atom stereocenters. The Morgan fingerprint density at radius 2 is 2.60 bits per heavy atom. The molecule has 1 aromatic rings. The summed E-state index contributed by atoms with van der Waals surface area (Å²) >= 11 is 0. The number of hydrogen-bond acceptors (Lipinski definition) is 5. The lowest BCUT2D eigenvalue weighted by atomic mass is 9.97. The molecule has 84 valence electrons. The molecule has 0 aliphatic carbocycles. The van der Waals surface area contributed by atoms with Gasteiger partial charge in [0.2, 0.25) is 0 Å². The third-order valence-electron chi connectivity index (χ3n) is 2.87. The van der Waals surface area contributed by atoms with Crippen LogP contribution in [0.1, 0.15) is 19.1 Å². The first-order valence-corrected chi connectivity index (χ1v) is 5.13. The third kappa shape index (κ3) is 2.37. The van der Waals surface area contributed by atoms with E-state index in [1.54, 1.807) is 6.20 Å². The van der Waals surface area contributed by atoms with Crippen molar-refractivity contribution < 1.29 is 14.3 Å². The van der Waals surface area contributed by atoms with Gasteiger partial charge in [-0.25, -0.2) is 4.98 Å². The summed E-state index contributed by atoms with van der Waals surface area (Å²) < 4.78 is 10.4. The second-order valence-electron chi connectivity index (χ2n) is 3.94. The van der Waals surface area contributed by atoms with E-state index in [0.29, 0.717) is 26.1 Å². The summed E-state index contributed by atoms with van der Waals surface area (Å²) in [6, 6.07) is 0. The summed E-state index contributed by atoms with van der Waals surface area (Å²) in [7, 11) is 0. The molecule has 1 saturated heterocycles. The van der Waals surface area contributed by atoms with Crippen LogP contribution in [0.25, 0.3) is 0 Å². The number of oxazole rings is 1. The molecule has 2 heterocycles. The van der Waals surface area contributed by atoms with Gasteiger partial charge in [-0.1, -0.05) is 0 Å². The van der Waals surface area contributed by atoms with Crippen molar-refractivity contribution in [1.29, 1.82) is 0 Å². The SMILES string of the molecule is CC1OCCC1(O)CNCc1cnco1. The second-order valence-corrected chi connectivity index (χ2v) is 3.94. The van der Waals surface area contributed by atoms with E-state index in [2.05, 4.69) is 10.3 Å². The zero-order valence-corrected chi connectivity index (χ0v) is 8.77. The molecular formula is C10H16N2O3. The van der Waals surface area contributed by atoms with Gasteiger partial charge in [0.1, 0.15) is 11.4 Å². The second kappa shape index (κ2) is 4.30. The maximum absolute atomic E-state index is 10.2. The van der Waals surface area contributed by atoms with E-state index >= 15 is 0 Å². The van der Waals surface area contributed by atoms with Gasteiger partial charge in [0.25, 0.3) is 0 Å². The molecule has 1 aliphatic heterocycles. The number of rotatable bonds is 4. The first-order chi connectivity index (χ1) is 7.21. The van der Waals surface area contributed by atoms with Gasteiger partial charge >= 0.3 is 0 Å². The van der Waals surface area contributed by atoms with E-state index in [0.717, 1.165) is 5.76 Å². The summed E-state index contributed by atoms with van der Waals surface area (Å²) in [5, 5.41) is 13.3. The summed E-state index contributed by atoms with van der Waals surface area (Å²) in [6.07, 6.45) is 3.62. The quantitative estimate of drug-likeness (QED) is 0.751. The third-order valence-corrected chi connectivity index (χ3v) is 2.87. The van der Waals surface area contributed by atoms with Crippen molar-refractivity contribution in [2.24, 2.45) is 0 Å². The first-order valence-electron chi connectivity index (χ1n) is 5.13. The summed E-state index contributed by atoms with van der Waals surface area (Å²) in [4.78, 5) is 3.81. The summed E-state index contributed by atoms with van der Waals surface area (Å²) in [6.45, 7) is 3.61. The Morgan fingerprint density at radius 3 is 3.20 bits per heavy atom. The van der Waals surface area contributed by atoms with Crippen LogP contribution < -0.4 is 5.32 Å². The molecule has 2 N–H and O–H groups in total. The highest BCUT2D eigenvalue weighted by Crippen LogP contribution is 2.24. The van der Waals surface area contributed by atoms with Crippen LogP contribution in [0.2, 0.25) is 0 Å². The lowest BCUT2D eigenvalue weighted by Gasteiger charge is -2.25. The van der Waals surface area contributed by atoms with Crippen LogP contribution in [-0.2, 0) is 11.3 Å². The topological polar surface area (TPSA) is 67.5 Å². The van der Waals surface area contributed by atoms with Crippen molar-refractivity contribution in [3.8, 4) is 0 Å². The van der Waals surface area contributed by atoms with E-state index in [-0.39, 0.29) is 6.10 Å². The molecule has 1 aromatic heterocycles. The fraction of sp³-hybridized carbons (Fsp3) is 0.700. The minimum Gasteiger partial charge on any atom is -0.447 e. The maximum Gasteiger partial charge on any atom is 0.180 e. The lowest BCUT2D eigenvalue weighted by Crippen LogP contribution is -2.45. The molecule has 0 aromatic carbocycles. The molecule has 0 radical (unpaired) electrons. The van der Waals surface area contributed by atoms with E-state index in [9.17, 15) is 5.11 Å². The smallest absolute Gasteiger partial charge is 0.180 e. The number of nitrogens with one attached hydrogen (secondary N) is 1. The highest BCUT2D eigenvalue weighted by atomic mass is 16.5. The van der Waals surface area contributed by atoms with Crippen molar-refractivity contribution >= 4 is 0 Å². The standard InChI is InChI=1S/C10H16N2O3/c1-8-10(13,2-3-14-8)6-11-4-9-5-12-7-15-9/h5,7-8,11,13H,2-4,6H2,1H3. The molecule has 2 rings (SSSR count). The number of hydrogen-bond donors (Lipinski definition) is 2. The van der Waals surface area contributed by atoms with Gasteiger partial charge in [-0.05, 0) is 6.92 Å². The number of nitrogens with zero attached hydrogens (tertiary/aromatic N) is 1. The molecule has 0 saturated carbocycles. The molecule has 0 spiro atoms. The van der Waals surface area contributed by atoms with Crippen LogP contribution in [0.4, 0.5) is 0 Å². The Kier molecular flexibility index (Phi) is 3.04. The molecule has 0 bridgehead atoms. The van der Waals surface area contributed by atoms with Crippen molar-refractivity contribution in [2.45, 2.75) is 31.6 Å². The number of ether oxygens (including phenoxy) is 1. The monoisotopic (exact) mass is 212 g/mol. The molecule has 1 fully saturated rings. The van der Waals surface area contributed by atoms with E-state index in [1.807, 2.05) is 6.92 Å². The van der Waals surface area contributed by atoms with Crippen LogP contribution in [0.3, 0.4) is 0 Å². The van der Waals surface area contributed by atoms with Gasteiger partial charge < -0.3 is 19.6 Å². The minimum atomic E-state index is -0.750. The van der Waals surface area contributed by atoms with Gasteiger partial charge in [-0.3, -0.25) is 0 Å². The molecule has 1 aliphatic rings. The molecule has 2 atom stereocenters. The van der Waals surface area contributed by atoms with E-state index in [4.69, 9.17) is 9.15 Å². The molecule has 5 nitrogen and oxygen atoms in total. The summed E-state index contributed by atoms with van der Waals surface area (Å²) in [5.74, 6) is 0.769. The zero-order valence-electron chi connectivity index (χ0n) is 8.77. The Hall–Kier alpha value is -0.910. The number of aromatic nitrogens is 1. The average Bonchev–Trinajstić information content (AvgIpc) is 2.79. The Labute approximate surface area is 88.5 Å². The molecule has 5 heteroatoms. The lowest BCUT2D eigenvalue weighted by molar-refractivity contribution is -0.0264. The normalized spacial score (nSPS) is 30.9. The van der Waals surface area contributed by atoms with Crippen LogP contribution in [0.15, 0.2) is 17.0 Å². The molecule has 15 heavy (non-hydrogen) atoms. The predicted molar refractivity (Wildman–Crippen MR) is 53.2 cm³/mol. The van der Waals surface area contributed by atoms with Crippen molar-refractivity contribution in [2.75, 3.05) is 13.2 Å². The summed E-state index contributed by atoms with van der Waals surface area (Å²) in [5.41, 5.74) is -0.750. The number of aliphatic hydroxyl groups is 1. The zero-order chi connectivity index (χ0) is 10.7. The van der Waals surface area contributed by atoms with Gasteiger partial charge in [-0.2, -0.15) is 0 Å². The van der Waals surface area contributed by atoms with Crippen molar-refractivity contribution in [3.63, 3.8) is 0 Å². The largest absolute Gasteiger partial charge is 0.447 e. The van der Waals surface area contributed by atoms with Gasteiger partial charge in [0.05, 0.1) is 18.8 Å². The van der Waals surface area contributed by atoms with Crippen LogP contribution in [0.5, 0.6) is 0 Å². The van der Waals surface area contributed by atoms with Crippen molar-refractivity contribution in [1.82, 2.24) is 10.3 Å². The Bertz CT molecular complexity index is 302. The van der Waals surface area contributed by atoms with Crippen LogP contribution >= 0.6 is 0 Å². The van der Waals surface area contributed by atoms with Crippen LogP contribution in [-0.4, -0.2) is 34.9 Å². The van der Waals surface area contributed by atoms with E-state index in [1.165, 1.54) is 6.39 Å². The maximum atomic E-state index is 10.2. The first kappa shape index (κ1) is 10.6. The van der Waals surface area contributed by atoms with Gasteiger partial charge in [0.15, 0.2) is 6.39 Å².